The largest absolute Gasteiger partial charge is 0.368 e. The van der Waals surface area contributed by atoms with E-state index in [-0.39, 0.29) is 12.1 Å². The SMILES string of the molecule is CN(C)C(=O)c1cc2cnc(NC3C=CC(C4CCNCC4)=CN3)nc2n1C1CCCC1. The number of hydrogen-bond donors (Lipinski definition) is 3. The summed E-state index contributed by atoms with van der Waals surface area (Å²) in [5, 5.41) is 11.2. The van der Waals surface area contributed by atoms with E-state index in [1.807, 2.05) is 12.3 Å². The van der Waals surface area contributed by atoms with Gasteiger partial charge < -0.3 is 25.4 Å². The molecule has 0 aromatic carbocycles. The van der Waals surface area contributed by atoms with Crippen LogP contribution in [0.2, 0.25) is 0 Å². The normalized spacial score (nSPS) is 22.1. The first-order valence-electron chi connectivity index (χ1n) is 11.8. The summed E-state index contributed by atoms with van der Waals surface area (Å²) in [6.45, 7) is 2.18. The van der Waals surface area contributed by atoms with E-state index in [1.165, 1.54) is 31.3 Å². The summed E-state index contributed by atoms with van der Waals surface area (Å²) in [5.41, 5.74) is 2.90. The maximum Gasteiger partial charge on any atom is 0.270 e. The molecule has 8 nitrogen and oxygen atoms in total. The molecule has 3 N–H and O–H groups in total. The predicted molar refractivity (Wildman–Crippen MR) is 126 cm³/mol. The zero-order valence-electron chi connectivity index (χ0n) is 19.0. The highest BCUT2D eigenvalue weighted by Gasteiger charge is 2.27. The van der Waals surface area contributed by atoms with Gasteiger partial charge in [0.05, 0.1) is 0 Å². The third-order valence-electron chi connectivity index (χ3n) is 6.90. The van der Waals surface area contributed by atoms with Gasteiger partial charge in [0.15, 0.2) is 0 Å². The van der Waals surface area contributed by atoms with Crippen LogP contribution in [0.3, 0.4) is 0 Å². The Hall–Kier alpha value is -2.87. The second kappa shape index (κ2) is 8.94. The molecule has 2 aromatic rings. The summed E-state index contributed by atoms with van der Waals surface area (Å²) < 4.78 is 2.15. The van der Waals surface area contributed by atoms with Gasteiger partial charge in [-0.05, 0) is 62.4 Å². The molecule has 4 heterocycles. The van der Waals surface area contributed by atoms with E-state index in [1.54, 1.807) is 19.0 Å². The molecule has 0 bridgehead atoms. The van der Waals surface area contributed by atoms with Gasteiger partial charge in [0.2, 0.25) is 5.95 Å². The Morgan fingerprint density at radius 1 is 1.19 bits per heavy atom. The summed E-state index contributed by atoms with van der Waals surface area (Å²) >= 11 is 0. The first-order chi connectivity index (χ1) is 15.6. The zero-order chi connectivity index (χ0) is 22.1. The number of aromatic nitrogens is 3. The molecule has 2 fully saturated rings. The zero-order valence-corrected chi connectivity index (χ0v) is 19.0. The standard InChI is InChI=1S/C24H33N7O/c1-30(2)23(32)20-13-18-15-27-24(29-22(18)31(20)19-5-3-4-6-19)28-21-8-7-17(14-26-21)16-9-11-25-12-10-16/h7-8,13-16,19,21,25-26H,3-6,9-12H2,1-2H3,(H,27,28,29). The van der Waals surface area contributed by atoms with Crippen LogP contribution in [0.4, 0.5) is 5.95 Å². The predicted octanol–water partition coefficient (Wildman–Crippen LogP) is 3.03. The lowest BCUT2D eigenvalue weighted by Crippen LogP contribution is -2.35. The summed E-state index contributed by atoms with van der Waals surface area (Å²) in [7, 11) is 3.59. The second-order valence-electron chi connectivity index (χ2n) is 9.33. The lowest BCUT2D eigenvalue weighted by Gasteiger charge is -2.27. The number of nitrogens with zero attached hydrogens (tertiary/aromatic N) is 4. The Morgan fingerprint density at radius 2 is 1.97 bits per heavy atom. The van der Waals surface area contributed by atoms with E-state index in [4.69, 9.17) is 4.98 Å². The Labute approximate surface area is 189 Å². The van der Waals surface area contributed by atoms with Crippen molar-refractivity contribution in [3.63, 3.8) is 0 Å². The van der Waals surface area contributed by atoms with Crippen molar-refractivity contribution >= 4 is 22.9 Å². The van der Waals surface area contributed by atoms with Crippen molar-refractivity contribution in [3.05, 3.63) is 41.9 Å². The number of hydrogen-bond acceptors (Lipinski definition) is 6. The van der Waals surface area contributed by atoms with Gasteiger partial charge in [-0.1, -0.05) is 18.9 Å². The van der Waals surface area contributed by atoms with Crippen molar-refractivity contribution in [3.8, 4) is 0 Å². The summed E-state index contributed by atoms with van der Waals surface area (Å²) in [4.78, 5) is 23.9. The molecular formula is C24H33N7O. The third kappa shape index (κ3) is 4.11. The Balaban J connectivity index is 1.37. The summed E-state index contributed by atoms with van der Waals surface area (Å²) in [6.07, 6.45) is 15.2. The molecule has 3 aliphatic rings. The van der Waals surface area contributed by atoms with Crippen molar-refractivity contribution in [1.29, 1.82) is 0 Å². The molecule has 0 radical (unpaired) electrons. The summed E-state index contributed by atoms with van der Waals surface area (Å²) in [6, 6.07) is 2.25. The topological polar surface area (TPSA) is 87.1 Å². The fraction of sp³-hybridized carbons (Fsp3) is 0.542. The molecule has 170 valence electrons. The summed E-state index contributed by atoms with van der Waals surface area (Å²) in [5.74, 6) is 1.20. The van der Waals surface area contributed by atoms with Crippen molar-refractivity contribution in [2.24, 2.45) is 5.92 Å². The van der Waals surface area contributed by atoms with E-state index in [2.05, 4.69) is 43.9 Å². The Kier molecular flexibility index (Phi) is 5.87. The van der Waals surface area contributed by atoms with Gasteiger partial charge in [-0.15, -0.1) is 0 Å². The van der Waals surface area contributed by atoms with Gasteiger partial charge in [0.1, 0.15) is 17.5 Å². The minimum Gasteiger partial charge on any atom is -0.368 e. The second-order valence-corrected chi connectivity index (χ2v) is 9.33. The minimum atomic E-state index is -0.0596. The number of piperidine rings is 1. The number of carbonyl (C=O) groups is 1. The monoisotopic (exact) mass is 435 g/mol. The number of anilines is 1. The van der Waals surface area contributed by atoms with Gasteiger partial charge in [-0.25, -0.2) is 4.98 Å². The van der Waals surface area contributed by atoms with Crippen molar-refractivity contribution in [2.45, 2.75) is 50.7 Å². The average molecular weight is 436 g/mol. The maximum atomic E-state index is 12.9. The number of rotatable bonds is 5. The molecule has 2 aliphatic heterocycles. The molecule has 32 heavy (non-hydrogen) atoms. The molecule has 0 spiro atoms. The van der Waals surface area contributed by atoms with Crippen LogP contribution >= 0.6 is 0 Å². The van der Waals surface area contributed by atoms with Crippen molar-refractivity contribution < 1.29 is 4.79 Å². The van der Waals surface area contributed by atoms with Crippen LogP contribution in [0.1, 0.15) is 55.1 Å². The number of nitrogens with one attached hydrogen (secondary N) is 3. The molecule has 2 aromatic heterocycles. The smallest absolute Gasteiger partial charge is 0.270 e. The first-order valence-corrected chi connectivity index (χ1v) is 11.8. The first kappa shape index (κ1) is 21.0. The van der Waals surface area contributed by atoms with E-state index in [0.29, 0.717) is 23.6 Å². The van der Waals surface area contributed by atoms with Crippen LogP contribution in [0.25, 0.3) is 11.0 Å². The van der Waals surface area contributed by atoms with Gasteiger partial charge in [-0.3, -0.25) is 4.79 Å². The molecule has 1 aliphatic carbocycles. The highest BCUT2D eigenvalue weighted by molar-refractivity contribution is 5.97. The highest BCUT2D eigenvalue weighted by Crippen LogP contribution is 2.34. The van der Waals surface area contributed by atoms with Crippen LogP contribution in [0.15, 0.2) is 36.2 Å². The fourth-order valence-electron chi connectivity index (χ4n) is 5.14. The van der Waals surface area contributed by atoms with Crippen LogP contribution < -0.4 is 16.0 Å². The van der Waals surface area contributed by atoms with Gasteiger partial charge >= 0.3 is 0 Å². The molecular weight excluding hydrogens is 402 g/mol. The third-order valence-corrected chi connectivity index (χ3v) is 6.90. The Bertz CT molecular complexity index is 1040. The van der Waals surface area contributed by atoms with Gasteiger partial charge in [0.25, 0.3) is 5.91 Å². The van der Waals surface area contributed by atoms with Crippen LogP contribution in [0, 0.1) is 5.92 Å². The lowest BCUT2D eigenvalue weighted by molar-refractivity contribution is 0.0815. The molecule has 1 saturated carbocycles. The average Bonchev–Trinajstić information content (AvgIpc) is 3.47. The van der Waals surface area contributed by atoms with Crippen LogP contribution in [-0.2, 0) is 0 Å². The molecule has 1 amide bonds. The Morgan fingerprint density at radius 3 is 2.66 bits per heavy atom. The van der Waals surface area contributed by atoms with Gasteiger partial charge in [-0.2, -0.15) is 4.98 Å². The number of amides is 1. The number of fused-ring (bicyclic) bond motifs is 1. The molecule has 8 heteroatoms. The maximum absolute atomic E-state index is 12.9. The number of carbonyl (C=O) groups excluding carboxylic acids is 1. The van der Waals surface area contributed by atoms with Crippen LogP contribution in [0.5, 0.6) is 0 Å². The van der Waals surface area contributed by atoms with E-state index in [9.17, 15) is 4.79 Å². The molecule has 5 rings (SSSR count). The number of allylic oxidation sites excluding steroid dienone is 2. The molecule has 1 saturated heterocycles. The highest BCUT2D eigenvalue weighted by atomic mass is 16.2. The van der Waals surface area contributed by atoms with E-state index < -0.39 is 0 Å². The van der Waals surface area contributed by atoms with Gasteiger partial charge in [0, 0.05) is 37.9 Å². The van der Waals surface area contributed by atoms with E-state index in [0.717, 1.165) is 37.0 Å². The molecule has 1 unspecified atom stereocenters. The fourth-order valence-corrected chi connectivity index (χ4v) is 5.14. The molecule has 1 atom stereocenters. The number of dihydropyridines is 1. The van der Waals surface area contributed by atoms with Crippen LogP contribution in [-0.4, -0.2) is 58.7 Å². The van der Waals surface area contributed by atoms with Crippen molar-refractivity contribution in [2.75, 3.05) is 32.5 Å². The quantitative estimate of drug-likeness (QED) is 0.669. The minimum absolute atomic E-state index is 0.0110. The van der Waals surface area contributed by atoms with E-state index >= 15 is 0 Å². The van der Waals surface area contributed by atoms with Crippen molar-refractivity contribution in [1.82, 2.24) is 30.1 Å². The lowest BCUT2D eigenvalue weighted by atomic mass is 9.89.